The maximum atomic E-state index is 12.0. The Hall–Kier alpha value is -4.86. The number of amides is 1. The van der Waals surface area contributed by atoms with E-state index in [2.05, 4.69) is 15.3 Å². The van der Waals surface area contributed by atoms with Gasteiger partial charge in [0.25, 0.3) is 0 Å². The summed E-state index contributed by atoms with van der Waals surface area (Å²) >= 11 is 0. The Bertz CT molecular complexity index is 1500. The molecule has 0 fully saturated rings. The quantitative estimate of drug-likeness (QED) is 0.198. The molecule has 2 heterocycles. The fourth-order valence-electron chi connectivity index (χ4n) is 4.29. The van der Waals surface area contributed by atoms with Crippen LogP contribution in [0.5, 0.6) is 11.6 Å². The van der Waals surface area contributed by atoms with Gasteiger partial charge in [0.1, 0.15) is 11.5 Å². The number of carbonyl (C=O) groups is 2. The lowest BCUT2D eigenvalue weighted by molar-refractivity contribution is -0.136. The van der Waals surface area contributed by atoms with Crippen LogP contribution in [0.4, 0.5) is 4.79 Å². The van der Waals surface area contributed by atoms with Gasteiger partial charge in [0.2, 0.25) is 11.8 Å². The molecule has 4 aromatic rings. The first-order valence-corrected chi connectivity index (χ1v) is 13.7. The van der Waals surface area contributed by atoms with E-state index in [4.69, 9.17) is 23.7 Å². The molecule has 0 aliphatic rings. The lowest BCUT2D eigenvalue weighted by Crippen LogP contribution is -2.26. The number of ether oxygens (including phenoxy) is 3. The molecular formula is C32H35N3O7. The first-order valence-electron chi connectivity index (χ1n) is 13.7. The molecule has 0 aliphatic carbocycles. The van der Waals surface area contributed by atoms with Crippen molar-refractivity contribution >= 4 is 12.1 Å². The zero-order chi connectivity index (χ0) is 30.1. The molecule has 0 bridgehead atoms. The van der Waals surface area contributed by atoms with E-state index in [1.807, 2.05) is 55.5 Å². The number of aliphatic carboxylic acids is 1. The fraction of sp³-hybridized carbons (Fsp3) is 0.312. The van der Waals surface area contributed by atoms with E-state index in [0.717, 1.165) is 39.3 Å². The van der Waals surface area contributed by atoms with Crippen molar-refractivity contribution in [1.29, 1.82) is 0 Å². The van der Waals surface area contributed by atoms with Crippen LogP contribution in [-0.4, -0.2) is 47.0 Å². The van der Waals surface area contributed by atoms with Crippen LogP contribution < -0.4 is 14.8 Å². The van der Waals surface area contributed by atoms with Crippen molar-refractivity contribution in [1.82, 2.24) is 15.3 Å². The van der Waals surface area contributed by atoms with E-state index in [0.29, 0.717) is 37.0 Å². The van der Waals surface area contributed by atoms with Gasteiger partial charge in [-0.3, -0.25) is 4.79 Å². The summed E-state index contributed by atoms with van der Waals surface area (Å²) in [6.07, 6.45) is 1.84. The van der Waals surface area contributed by atoms with E-state index in [-0.39, 0.29) is 19.1 Å². The Morgan fingerprint density at radius 2 is 1.71 bits per heavy atom. The van der Waals surface area contributed by atoms with Gasteiger partial charge in [-0.1, -0.05) is 18.2 Å². The number of carbonyl (C=O) groups excluding carboxylic acids is 1. The average Bonchev–Trinajstić information content (AvgIpc) is 3.35. The van der Waals surface area contributed by atoms with Gasteiger partial charge >= 0.3 is 12.1 Å². The molecule has 42 heavy (non-hydrogen) atoms. The second-order valence-electron chi connectivity index (χ2n) is 9.92. The number of pyridine rings is 1. The first kappa shape index (κ1) is 30.1. The molecule has 0 saturated heterocycles. The number of carboxylic acid groups (broad SMARTS) is 1. The molecule has 2 aromatic heterocycles. The molecule has 0 spiro atoms. The van der Waals surface area contributed by atoms with Crippen LogP contribution in [-0.2, 0) is 28.9 Å². The molecule has 2 aromatic carbocycles. The zero-order valence-electron chi connectivity index (χ0n) is 24.2. The number of aryl methyl sites for hydroxylation is 2. The Morgan fingerprint density at radius 1 is 0.976 bits per heavy atom. The largest absolute Gasteiger partial charge is 0.493 e. The topological polar surface area (TPSA) is 133 Å². The molecular weight excluding hydrogens is 538 g/mol. The van der Waals surface area contributed by atoms with Crippen LogP contribution in [0, 0.1) is 6.92 Å². The van der Waals surface area contributed by atoms with Gasteiger partial charge in [0, 0.05) is 42.8 Å². The summed E-state index contributed by atoms with van der Waals surface area (Å²) in [7, 11) is 1.59. The number of methoxy groups -OCH3 is 1. The van der Waals surface area contributed by atoms with Crippen molar-refractivity contribution in [3.8, 4) is 34.2 Å². The third-order valence-corrected chi connectivity index (χ3v) is 6.46. The molecule has 220 valence electrons. The highest BCUT2D eigenvalue weighted by atomic mass is 16.6. The van der Waals surface area contributed by atoms with Gasteiger partial charge in [0.15, 0.2) is 0 Å². The number of hydrogen-bond acceptors (Lipinski definition) is 8. The molecule has 10 heteroatoms. The third kappa shape index (κ3) is 8.33. The minimum Gasteiger partial charge on any atom is -0.493 e. The summed E-state index contributed by atoms with van der Waals surface area (Å²) in [6.45, 7) is 5.96. The molecule has 2 N–H and O–H groups in total. The Labute approximate surface area is 244 Å². The van der Waals surface area contributed by atoms with Crippen molar-refractivity contribution in [3.05, 3.63) is 83.4 Å². The van der Waals surface area contributed by atoms with E-state index < -0.39 is 12.1 Å². The predicted molar refractivity (Wildman–Crippen MR) is 157 cm³/mol. The summed E-state index contributed by atoms with van der Waals surface area (Å²) in [4.78, 5) is 32.0. The molecule has 0 saturated carbocycles. The second-order valence-corrected chi connectivity index (χ2v) is 9.92. The normalized spacial score (nSPS) is 10.9. The van der Waals surface area contributed by atoms with Crippen molar-refractivity contribution in [3.63, 3.8) is 0 Å². The van der Waals surface area contributed by atoms with E-state index >= 15 is 0 Å². The molecule has 1 amide bonds. The van der Waals surface area contributed by atoms with E-state index in [9.17, 15) is 9.59 Å². The van der Waals surface area contributed by atoms with Crippen LogP contribution in [0.25, 0.3) is 22.6 Å². The van der Waals surface area contributed by atoms with Crippen LogP contribution in [0.1, 0.15) is 42.8 Å². The minimum absolute atomic E-state index is 0.0150. The van der Waals surface area contributed by atoms with Crippen molar-refractivity contribution < 1.29 is 33.3 Å². The zero-order valence-corrected chi connectivity index (χ0v) is 24.2. The number of carboxylic acids is 1. The predicted octanol–water partition coefficient (Wildman–Crippen LogP) is 5.99. The summed E-state index contributed by atoms with van der Waals surface area (Å²) < 4.78 is 22.2. The minimum atomic E-state index is -0.888. The number of nitrogens with one attached hydrogen (secondary N) is 1. The third-order valence-electron chi connectivity index (χ3n) is 6.46. The SMILES string of the molecule is COc1ccc(-c2ccc(-c3nc(CCOc4ccc(CCC(=O)O)c(CNC(=O)OC(C)C)c4)c(C)o3)cc2)cn1. The Balaban J connectivity index is 1.38. The van der Waals surface area contributed by atoms with Crippen molar-refractivity contribution in [2.75, 3.05) is 13.7 Å². The van der Waals surface area contributed by atoms with Gasteiger partial charge in [-0.2, -0.15) is 0 Å². The molecule has 0 atom stereocenters. The fourth-order valence-corrected chi connectivity index (χ4v) is 4.29. The van der Waals surface area contributed by atoms with E-state index in [1.54, 1.807) is 33.2 Å². The van der Waals surface area contributed by atoms with Gasteiger partial charge in [-0.15, -0.1) is 0 Å². The summed E-state index contributed by atoms with van der Waals surface area (Å²) in [6, 6.07) is 17.1. The summed E-state index contributed by atoms with van der Waals surface area (Å²) in [5.74, 6) is 1.53. The molecule has 0 radical (unpaired) electrons. The maximum absolute atomic E-state index is 12.0. The van der Waals surface area contributed by atoms with Crippen LogP contribution in [0.3, 0.4) is 0 Å². The number of oxazole rings is 1. The van der Waals surface area contributed by atoms with E-state index in [1.165, 1.54) is 0 Å². The highest BCUT2D eigenvalue weighted by molar-refractivity contribution is 5.68. The first-order chi connectivity index (χ1) is 20.2. The maximum Gasteiger partial charge on any atom is 0.407 e. The summed E-state index contributed by atoms with van der Waals surface area (Å²) in [5, 5.41) is 11.8. The van der Waals surface area contributed by atoms with Crippen LogP contribution in [0.2, 0.25) is 0 Å². The molecule has 0 unspecified atom stereocenters. The van der Waals surface area contributed by atoms with Gasteiger partial charge in [-0.25, -0.2) is 14.8 Å². The lowest BCUT2D eigenvalue weighted by Gasteiger charge is -2.14. The molecule has 10 nitrogen and oxygen atoms in total. The number of nitrogens with zero attached hydrogens (tertiary/aromatic N) is 2. The highest BCUT2D eigenvalue weighted by Crippen LogP contribution is 2.27. The van der Waals surface area contributed by atoms with Gasteiger partial charge in [-0.05, 0) is 74.2 Å². The Morgan fingerprint density at radius 3 is 2.38 bits per heavy atom. The van der Waals surface area contributed by atoms with Crippen LogP contribution >= 0.6 is 0 Å². The molecule has 0 aliphatic heterocycles. The number of hydrogen-bond donors (Lipinski definition) is 2. The number of aromatic nitrogens is 2. The monoisotopic (exact) mass is 573 g/mol. The smallest absolute Gasteiger partial charge is 0.407 e. The van der Waals surface area contributed by atoms with Gasteiger partial charge < -0.3 is 29.1 Å². The van der Waals surface area contributed by atoms with Crippen molar-refractivity contribution in [2.24, 2.45) is 0 Å². The summed E-state index contributed by atoms with van der Waals surface area (Å²) in [5.41, 5.74) is 5.24. The Kier molecular flexibility index (Phi) is 10.1. The average molecular weight is 574 g/mol. The lowest BCUT2D eigenvalue weighted by atomic mass is 10.0. The van der Waals surface area contributed by atoms with Crippen molar-refractivity contribution in [2.45, 2.75) is 52.7 Å². The standard InChI is InChI=1S/C32H35N3O7/c1-20(2)41-32(38)34-19-26-17-27(12-9-23(26)11-14-30(36)37)40-16-15-28-21(3)42-31(35-28)24-7-5-22(6-8-24)25-10-13-29(39-4)33-18-25/h5-10,12-13,17-18,20H,11,14-16,19H2,1-4H3,(H,34,38)(H,36,37). The van der Waals surface area contributed by atoms with Gasteiger partial charge in [0.05, 0.1) is 25.5 Å². The highest BCUT2D eigenvalue weighted by Gasteiger charge is 2.14. The number of rotatable bonds is 13. The molecule has 4 rings (SSSR count). The van der Waals surface area contributed by atoms with Crippen LogP contribution in [0.15, 0.2) is 65.2 Å². The number of benzene rings is 2. The second kappa shape index (κ2) is 14.2. The number of alkyl carbamates (subject to hydrolysis) is 1.